The maximum Gasteiger partial charge on any atom is 0.119 e. The molecule has 0 radical (unpaired) electrons. The molecule has 2 rings (SSSR count). The summed E-state index contributed by atoms with van der Waals surface area (Å²) in [7, 11) is 0. The van der Waals surface area contributed by atoms with E-state index in [4.69, 9.17) is 0 Å². The maximum absolute atomic E-state index is 10.9. The van der Waals surface area contributed by atoms with Crippen molar-refractivity contribution in [1.82, 2.24) is 0 Å². The summed E-state index contributed by atoms with van der Waals surface area (Å²) in [5, 5.41) is 21.8. The molecular formula is C34H54O2. The Bertz CT molecular complexity index is 945. The van der Waals surface area contributed by atoms with Crippen molar-refractivity contribution in [2.75, 3.05) is 0 Å². The molecular weight excluding hydrogens is 440 g/mol. The zero-order chi connectivity index (χ0) is 27.5. The largest absolute Gasteiger partial charge is 0.508 e. The van der Waals surface area contributed by atoms with Gasteiger partial charge in [-0.15, -0.1) is 0 Å². The van der Waals surface area contributed by atoms with Gasteiger partial charge in [-0.25, -0.2) is 0 Å². The third-order valence-electron chi connectivity index (χ3n) is 7.89. The van der Waals surface area contributed by atoms with Crippen LogP contribution in [-0.2, 0) is 16.2 Å². The van der Waals surface area contributed by atoms with Crippen molar-refractivity contribution in [3.05, 3.63) is 57.6 Å². The number of unbranched alkanes of at least 4 members (excludes halogenated alkanes) is 2. The molecule has 0 saturated heterocycles. The van der Waals surface area contributed by atoms with Crippen LogP contribution in [0.5, 0.6) is 11.5 Å². The Morgan fingerprint density at radius 3 is 1.44 bits per heavy atom. The number of rotatable bonds is 10. The summed E-state index contributed by atoms with van der Waals surface area (Å²) in [6, 6.07) is 8.58. The Morgan fingerprint density at radius 1 is 0.639 bits per heavy atom. The Kier molecular flexibility index (Phi) is 9.76. The van der Waals surface area contributed by atoms with Crippen LogP contribution in [0.1, 0.15) is 141 Å². The van der Waals surface area contributed by atoms with Crippen LogP contribution in [0.4, 0.5) is 0 Å². The summed E-state index contributed by atoms with van der Waals surface area (Å²) in [6.45, 7) is 24.3. The number of aromatic hydroxyl groups is 2. The number of aryl methyl sites for hydroxylation is 2. The second-order valence-corrected chi connectivity index (χ2v) is 13.7. The van der Waals surface area contributed by atoms with Gasteiger partial charge in [0.05, 0.1) is 0 Å². The summed E-state index contributed by atoms with van der Waals surface area (Å²) in [5.74, 6) is 1.53. The van der Waals surface area contributed by atoms with Gasteiger partial charge in [-0.1, -0.05) is 107 Å². The van der Waals surface area contributed by atoms with Gasteiger partial charge in [-0.2, -0.15) is 0 Å². The van der Waals surface area contributed by atoms with Crippen LogP contribution in [0.15, 0.2) is 24.3 Å². The molecule has 0 bridgehead atoms. The molecule has 2 heteroatoms. The lowest BCUT2D eigenvalue weighted by atomic mass is 9.64. The molecule has 2 nitrogen and oxygen atoms in total. The molecule has 202 valence electrons. The molecule has 0 unspecified atom stereocenters. The fraction of sp³-hybridized carbons (Fsp3) is 0.647. The maximum atomic E-state index is 10.9. The summed E-state index contributed by atoms with van der Waals surface area (Å²) in [4.78, 5) is 0. The summed E-state index contributed by atoms with van der Waals surface area (Å²) in [5.41, 5.74) is 6.54. The molecule has 36 heavy (non-hydrogen) atoms. The van der Waals surface area contributed by atoms with Crippen molar-refractivity contribution < 1.29 is 10.2 Å². The number of hydrogen-bond donors (Lipinski definition) is 2. The topological polar surface area (TPSA) is 40.5 Å². The molecule has 0 aliphatic carbocycles. The van der Waals surface area contributed by atoms with Crippen LogP contribution in [0.2, 0.25) is 0 Å². The number of benzene rings is 2. The monoisotopic (exact) mass is 494 g/mol. The number of hydrogen-bond acceptors (Lipinski definition) is 2. The zero-order valence-corrected chi connectivity index (χ0v) is 25.2. The summed E-state index contributed by atoms with van der Waals surface area (Å²) >= 11 is 0. The van der Waals surface area contributed by atoms with Gasteiger partial charge in [0.2, 0.25) is 0 Å². The quantitative estimate of drug-likeness (QED) is 0.323. The van der Waals surface area contributed by atoms with Crippen LogP contribution in [-0.4, -0.2) is 10.2 Å². The minimum absolute atomic E-state index is 0.150. The van der Waals surface area contributed by atoms with Crippen molar-refractivity contribution in [2.24, 2.45) is 5.92 Å². The molecule has 0 saturated carbocycles. The minimum Gasteiger partial charge on any atom is -0.508 e. The molecule has 0 atom stereocenters. The first-order valence-electron chi connectivity index (χ1n) is 14.2. The van der Waals surface area contributed by atoms with Crippen LogP contribution in [0.25, 0.3) is 0 Å². The van der Waals surface area contributed by atoms with Gasteiger partial charge in [-0.3, -0.25) is 0 Å². The fourth-order valence-electron chi connectivity index (χ4n) is 6.01. The summed E-state index contributed by atoms with van der Waals surface area (Å²) < 4.78 is 0. The Labute approximate surface area is 222 Å². The van der Waals surface area contributed by atoms with E-state index in [0.29, 0.717) is 11.5 Å². The van der Waals surface area contributed by atoms with E-state index in [1.807, 2.05) is 12.1 Å². The average Bonchev–Trinajstić information content (AvgIpc) is 2.71. The van der Waals surface area contributed by atoms with E-state index in [1.54, 1.807) is 0 Å². The van der Waals surface area contributed by atoms with Crippen molar-refractivity contribution >= 4 is 0 Å². The Morgan fingerprint density at radius 2 is 1.08 bits per heavy atom. The molecule has 0 aliphatic heterocycles. The number of phenolic OH excluding ortho intramolecular Hbond substituents is 2. The van der Waals surface area contributed by atoms with Gasteiger partial charge in [0.15, 0.2) is 0 Å². The zero-order valence-electron chi connectivity index (χ0n) is 25.2. The lowest BCUT2D eigenvalue weighted by Gasteiger charge is -2.40. The molecule has 0 heterocycles. The average molecular weight is 495 g/mol. The molecule has 0 aliphatic rings. The molecule has 2 N–H and O–H groups in total. The Balaban J connectivity index is 2.83. The standard InChI is InChI=1S/C34H54O2/c1-12-17-34(18-15-13-14-16-23(2)3,26-21-28(32(6,7)8)30(35)19-24(26)4)27-22-29(33(9,10)11)31(36)20-25(27)5/h19-23,35-36H,12-18H2,1-11H3. The molecule has 0 aromatic heterocycles. The van der Waals surface area contributed by atoms with Crippen LogP contribution in [0.3, 0.4) is 0 Å². The van der Waals surface area contributed by atoms with Crippen LogP contribution < -0.4 is 0 Å². The first-order valence-corrected chi connectivity index (χ1v) is 14.2. The van der Waals surface area contributed by atoms with E-state index in [9.17, 15) is 10.2 Å². The highest BCUT2D eigenvalue weighted by Crippen LogP contribution is 2.48. The summed E-state index contributed by atoms with van der Waals surface area (Å²) in [6.07, 6.45) is 8.13. The van der Waals surface area contributed by atoms with Crippen molar-refractivity contribution in [1.29, 1.82) is 0 Å². The van der Waals surface area contributed by atoms with E-state index in [0.717, 1.165) is 47.4 Å². The second kappa shape index (κ2) is 11.6. The molecule has 0 spiro atoms. The van der Waals surface area contributed by atoms with Crippen molar-refractivity contribution in [3.63, 3.8) is 0 Å². The third kappa shape index (κ3) is 6.87. The van der Waals surface area contributed by atoms with Gasteiger partial charge in [-0.05, 0) is 89.0 Å². The van der Waals surface area contributed by atoms with Crippen LogP contribution >= 0.6 is 0 Å². The molecule has 0 fully saturated rings. The van der Waals surface area contributed by atoms with E-state index in [-0.39, 0.29) is 16.2 Å². The highest BCUT2D eigenvalue weighted by atomic mass is 16.3. The van der Waals surface area contributed by atoms with Gasteiger partial charge >= 0.3 is 0 Å². The first kappa shape index (κ1) is 30.3. The van der Waals surface area contributed by atoms with Gasteiger partial charge in [0.25, 0.3) is 0 Å². The highest BCUT2D eigenvalue weighted by Gasteiger charge is 2.38. The smallest absolute Gasteiger partial charge is 0.119 e. The predicted molar refractivity (Wildman–Crippen MR) is 157 cm³/mol. The van der Waals surface area contributed by atoms with E-state index >= 15 is 0 Å². The second-order valence-electron chi connectivity index (χ2n) is 13.7. The third-order valence-corrected chi connectivity index (χ3v) is 7.89. The molecule has 2 aromatic rings. The van der Waals surface area contributed by atoms with Gasteiger partial charge in [0, 0.05) is 5.41 Å². The molecule has 2 aromatic carbocycles. The van der Waals surface area contributed by atoms with E-state index in [2.05, 4.69) is 88.3 Å². The normalized spacial score (nSPS) is 13.0. The van der Waals surface area contributed by atoms with Crippen molar-refractivity contribution in [3.8, 4) is 11.5 Å². The Hall–Kier alpha value is -1.96. The van der Waals surface area contributed by atoms with Gasteiger partial charge in [0.1, 0.15) is 11.5 Å². The first-order chi connectivity index (χ1) is 16.5. The lowest BCUT2D eigenvalue weighted by molar-refractivity contribution is 0.391. The molecule has 0 amide bonds. The predicted octanol–water partition coefficient (Wildman–Crippen LogP) is 10.0. The van der Waals surface area contributed by atoms with Gasteiger partial charge < -0.3 is 10.2 Å². The van der Waals surface area contributed by atoms with E-state index in [1.165, 1.54) is 36.8 Å². The van der Waals surface area contributed by atoms with Crippen LogP contribution in [0, 0.1) is 19.8 Å². The number of phenols is 2. The lowest BCUT2D eigenvalue weighted by Crippen LogP contribution is -2.31. The van der Waals surface area contributed by atoms with E-state index < -0.39 is 0 Å². The SMILES string of the molecule is CCCC(CCCCCC(C)C)(c1cc(C(C)(C)C)c(O)cc1C)c1cc(C(C)(C)C)c(O)cc1C. The minimum atomic E-state index is -0.165. The van der Waals surface area contributed by atoms with Crippen molar-refractivity contribution in [2.45, 2.75) is 137 Å². The highest BCUT2D eigenvalue weighted by molar-refractivity contribution is 5.55. The fourth-order valence-corrected chi connectivity index (χ4v) is 6.01.